The third kappa shape index (κ3) is 2.28. The molecule has 4 fully saturated rings. The van der Waals surface area contributed by atoms with E-state index in [0.29, 0.717) is 0 Å². The molecule has 108 valence electrons. The molecule has 4 saturated carbocycles. The Morgan fingerprint density at radius 1 is 1.00 bits per heavy atom. The average Bonchev–Trinajstić information content (AvgIpc) is 2.46. The topological polar surface area (TPSA) is 38.9 Å². The summed E-state index contributed by atoms with van der Waals surface area (Å²) in [5, 5.41) is 0. The van der Waals surface area contributed by atoms with Crippen molar-refractivity contribution in [2.24, 2.45) is 35.3 Å². The van der Waals surface area contributed by atoms with Crippen molar-refractivity contribution in [3.63, 3.8) is 0 Å². The van der Waals surface area contributed by atoms with Crippen LogP contribution in [0.15, 0.2) is 24.5 Å². The van der Waals surface area contributed by atoms with Gasteiger partial charge in [0.2, 0.25) is 0 Å². The van der Waals surface area contributed by atoms with Crippen LogP contribution in [0.5, 0.6) is 0 Å². The summed E-state index contributed by atoms with van der Waals surface area (Å²) >= 11 is 0. The third-order valence-corrected chi connectivity index (χ3v) is 6.37. The molecular formula is C18H26N2. The van der Waals surface area contributed by atoms with E-state index in [1.165, 1.54) is 37.7 Å². The Morgan fingerprint density at radius 3 is 2.20 bits per heavy atom. The number of aromatic nitrogens is 1. The molecule has 2 N–H and O–H groups in total. The minimum absolute atomic E-state index is 0.204. The maximum Gasteiger partial charge on any atom is 0.0296 e. The highest BCUT2D eigenvalue weighted by atomic mass is 14.7. The van der Waals surface area contributed by atoms with Gasteiger partial charge in [-0.05, 0) is 92.2 Å². The molecule has 1 unspecified atom stereocenters. The molecular weight excluding hydrogens is 244 g/mol. The molecule has 1 aromatic rings. The Morgan fingerprint density at radius 2 is 1.60 bits per heavy atom. The number of nitrogens with zero attached hydrogens (tertiary/aromatic N) is 1. The predicted molar refractivity (Wildman–Crippen MR) is 80.9 cm³/mol. The van der Waals surface area contributed by atoms with E-state index in [1.807, 2.05) is 12.4 Å². The van der Waals surface area contributed by atoms with E-state index < -0.39 is 0 Å². The molecule has 1 heterocycles. The molecule has 20 heavy (non-hydrogen) atoms. The molecule has 1 atom stereocenters. The van der Waals surface area contributed by atoms with Crippen molar-refractivity contribution in [1.29, 1.82) is 0 Å². The molecule has 4 aliphatic carbocycles. The van der Waals surface area contributed by atoms with Gasteiger partial charge in [0, 0.05) is 18.4 Å². The van der Waals surface area contributed by atoms with Crippen LogP contribution < -0.4 is 5.73 Å². The Bertz CT molecular complexity index is 428. The molecule has 0 aromatic carbocycles. The van der Waals surface area contributed by atoms with E-state index in [2.05, 4.69) is 17.1 Å². The first-order chi connectivity index (χ1) is 9.79. The molecule has 0 radical (unpaired) electrons. The van der Waals surface area contributed by atoms with E-state index in [0.717, 1.165) is 36.0 Å². The summed E-state index contributed by atoms with van der Waals surface area (Å²) in [5.41, 5.74) is 7.62. The van der Waals surface area contributed by atoms with Gasteiger partial charge in [-0.25, -0.2) is 0 Å². The fourth-order valence-corrected chi connectivity index (χ4v) is 5.66. The maximum atomic E-state index is 6.37. The molecule has 4 aliphatic rings. The van der Waals surface area contributed by atoms with Crippen LogP contribution in [0.4, 0.5) is 0 Å². The fraction of sp³-hybridized carbons (Fsp3) is 0.722. The van der Waals surface area contributed by atoms with E-state index in [4.69, 9.17) is 5.73 Å². The zero-order chi connectivity index (χ0) is 13.5. The second kappa shape index (κ2) is 5.14. The van der Waals surface area contributed by atoms with Crippen LogP contribution in [0.3, 0.4) is 0 Å². The van der Waals surface area contributed by atoms with E-state index in [-0.39, 0.29) is 6.04 Å². The van der Waals surface area contributed by atoms with Gasteiger partial charge in [0.1, 0.15) is 0 Å². The lowest BCUT2D eigenvalue weighted by atomic mass is 9.51. The SMILES string of the molecule is NC(CCC1C2CC3CC(C2)CC1C3)c1ccncc1. The number of pyridine rings is 1. The Labute approximate surface area is 122 Å². The molecule has 0 spiro atoms. The molecule has 0 saturated heterocycles. The summed E-state index contributed by atoms with van der Waals surface area (Å²) < 4.78 is 0. The molecule has 2 heteroatoms. The molecule has 0 amide bonds. The summed E-state index contributed by atoms with van der Waals surface area (Å²) in [7, 11) is 0. The minimum atomic E-state index is 0.204. The average molecular weight is 270 g/mol. The van der Waals surface area contributed by atoms with Crippen LogP contribution in [-0.4, -0.2) is 4.98 Å². The maximum absolute atomic E-state index is 6.37. The smallest absolute Gasteiger partial charge is 0.0296 e. The van der Waals surface area contributed by atoms with Crippen molar-refractivity contribution >= 4 is 0 Å². The zero-order valence-electron chi connectivity index (χ0n) is 12.2. The fourth-order valence-electron chi connectivity index (χ4n) is 5.66. The standard InChI is InChI=1S/C18H26N2/c19-18(14-3-5-20-6-4-14)2-1-17-15-8-12-7-13(10-15)11-16(17)9-12/h3-6,12-13,15-18H,1-2,7-11,19H2. The Balaban J connectivity index is 1.38. The van der Waals surface area contributed by atoms with Crippen LogP contribution >= 0.6 is 0 Å². The van der Waals surface area contributed by atoms with Gasteiger partial charge >= 0.3 is 0 Å². The van der Waals surface area contributed by atoms with E-state index in [1.54, 1.807) is 6.42 Å². The minimum Gasteiger partial charge on any atom is -0.324 e. The second-order valence-electron chi connectivity index (χ2n) is 7.56. The molecule has 4 bridgehead atoms. The molecule has 0 aliphatic heterocycles. The van der Waals surface area contributed by atoms with Gasteiger partial charge in [0.05, 0.1) is 0 Å². The van der Waals surface area contributed by atoms with Crippen LogP contribution in [0.2, 0.25) is 0 Å². The molecule has 1 aromatic heterocycles. The van der Waals surface area contributed by atoms with Gasteiger partial charge in [0.25, 0.3) is 0 Å². The summed E-state index contributed by atoms with van der Waals surface area (Å²) in [5.74, 6) is 5.23. The van der Waals surface area contributed by atoms with Crippen LogP contribution in [0, 0.1) is 29.6 Å². The lowest BCUT2D eigenvalue weighted by Gasteiger charge is -2.54. The van der Waals surface area contributed by atoms with Crippen LogP contribution in [0.25, 0.3) is 0 Å². The van der Waals surface area contributed by atoms with Gasteiger partial charge in [-0.1, -0.05) is 0 Å². The molecule has 2 nitrogen and oxygen atoms in total. The largest absolute Gasteiger partial charge is 0.324 e. The monoisotopic (exact) mass is 270 g/mol. The van der Waals surface area contributed by atoms with Gasteiger partial charge < -0.3 is 5.73 Å². The number of rotatable bonds is 4. The normalized spacial score (nSPS) is 40.0. The summed E-state index contributed by atoms with van der Waals surface area (Å²) in [4.78, 5) is 4.08. The van der Waals surface area contributed by atoms with E-state index in [9.17, 15) is 0 Å². The van der Waals surface area contributed by atoms with Crippen molar-refractivity contribution in [2.75, 3.05) is 0 Å². The van der Waals surface area contributed by atoms with Crippen LogP contribution in [-0.2, 0) is 0 Å². The number of hydrogen-bond acceptors (Lipinski definition) is 2. The van der Waals surface area contributed by atoms with Gasteiger partial charge in [-0.15, -0.1) is 0 Å². The summed E-state index contributed by atoms with van der Waals surface area (Å²) in [6, 6.07) is 4.35. The Kier molecular flexibility index (Phi) is 3.30. The van der Waals surface area contributed by atoms with Crippen molar-refractivity contribution in [3.8, 4) is 0 Å². The quantitative estimate of drug-likeness (QED) is 0.900. The van der Waals surface area contributed by atoms with Crippen LogP contribution in [0.1, 0.15) is 56.6 Å². The van der Waals surface area contributed by atoms with Crippen molar-refractivity contribution in [1.82, 2.24) is 4.98 Å². The highest BCUT2D eigenvalue weighted by Crippen LogP contribution is 2.57. The van der Waals surface area contributed by atoms with Gasteiger partial charge in [0.15, 0.2) is 0 Å². The lowest BCUT2D eigenvalue weighted by Crippen LogP contribution is -2.45. The summed E-state index contributed by atoms with van der Waals surface area (Å²) in [6.07, 6.45) is 13.9. The highest BCUT2D eigenvalue weighted by molar-refractivity contribution is 5.14. The first-order valence-corrected chi connectivity index (χ1v) is 8.45. The first-order valence-electron chi connectivity index (χ1n) is 8.45. The highest BCUT2D eigenvalue weighted by Gasteiger charge is 2.47. The van der Waals surface area contributed by atoms with Crippen molar-refractivity contribution < 1.29 is 0 Å². The molecule has 5 rings (SSSR count). The first kappa shape index (κ1) is 12.8. The third-order valence-electron chi connectivity index (χ3n) is 6.37. The second-order valence-corrected chi connectivity index (χ2v) is 7.56. The summed E-state index contributed by atoms with van der Waals surface area (Å²) in [6.45, 7) is 0. The predicted octanol–water partition coefficient (Wildman–Crippen LogP) is 3.93. The van der Waals surface area contributed by atoms with Gasteiger partial charge in [-0.2, -0.15) is 0 Å². The van der Waals surface area contributed by atoms with Gasteiger partial charge in [-0.3, -0.25) is 4.98 Å². The number of hydrogen-bond donors (Lipinski definition) is 1. The van der Waals surface area contributed by atoms with E-state index >= 15 is 0 Å². The zero-order valence-corrected chi connectivity index (χ0v) is 12.2. The number of nitrogens with two attached hydrogens (primary N) is 1. The van der Waals surface area contributed by atoms with Crippen molar-refractivity contribution in [2.45, 2.75) is 51.0 Å². The van der Waals surface area contributed by atoms with Crippen molar-refractivity contribution in [3.05, 3.63) is 30.1 Å². The Hall–Kier alpha value is -0.890. The lowest BCUT2D eigenvalue weighted by molar-refractivity contribution is -0.0408.